The highest BCUT2D eigenvalue weighted by Gasteiger charge is 2.16. The van der Waals surface area contributed by atoms with Crippen molar-refractivity contribution in [3.63, 3.8) is 0 Å². The average Bonchev–Trinajstić information content (AvgIpc) is 2.34. The first kappa shape index (κ1) is 17.1. The number of hydrogen-bond acceptors (Lipinski definition) is 2. The fourth-order valence-electron chi connectivity index (χ4n) is 1.90. The Morgan fingerprint density at radius 3 is 2.48 bits per heavy atom. The number of halogens is 2. The Hall–Kier alpha value is -1.98. The van der Waals surface area contributed by atoms with E-state index in [1.807, 2.05) is 13.8 Å². The van der Waals surface area contributed by atoms with Crippen LogP contribution in [0.1, 0.15) is 27.2 Å². The zero-order chi connectivity index (χ0) is 16.0. The maximum atomic E-state index is 13.7. The van der Waals surface area contributed by atoms with Crippen LogP contribution in [0.5, 0.6) is 0 Å². The standard InChI is InChI=1S/C15H20F2N2O2/c1-10(2)8-15(21)18-6-7-19(11(3)20)14-5-4-12(16)9-13(14)17/h4-5,9-10H,6-8H2,1-3H3,(H,18,21). The van der Waals surface area contributed by atoms with Crippen molar-refractivity contribution in [2.24, 2.45) is 5.92 Å². The van der Waals surface area contributed by atoms with Crippen LogP contribution in [0.3, 0.4) is 0 Å². The average molecular weight is 298 g/mol. The third kappa shape index (κ3) is 5.49. The van der Waals surface area contributed by atoms with E-state index < -0.39 is 11.6 Å². The van der Waals surface area contributed by atoms with E-state index >= 15 is 0 Å². The maximum Gasteiger partial charge on any atom is 0.224 e. The van der Waals surface area contributed by atoms with Gasteiger partial charge >= 0.3 is 0 Å². The fraction of sp³-hybridized carbons (Fsp3) is 0.467. The predicted molar refractivity (Wildman–Crippen MR) is 76.8 cm³/mol. The van der Waals surface area contributed by atoms with Crippen molar-refractivity contribution in [2.45, 2.75) is 27.2 Å². The Labute approximate surface area is 123 Å². The van der Waals surface area contributed by atoms with Gasteiger partial charge in [-0.3, -0.25) is 9.59 Å². The lowest BCUT2D eigenvalue weighted by Crippen LogP contribution is -2.38. The number of hydrogen-bond donors (Lipinski definition) is 1. The number of anilines is 1. The molecule has 1 N–H and O–H groups in total. The predicted octanol–water partition coefficient (Wildman–Crippen LogP) is 2.48. The van der Waals surface area contributed by atoms with Crippen molar-refractivity contribution >= 4 is 17.5 Å². The summed E-state index contributed by atoms with van der Waals surface area (Å²) in [4.78, 5) is 24.3. The monoisotopic (exact) mass is 298 g/mol. The Kier molecular flexibility index (Phi) is 6.27. The maximum absolute atomic E-state index is 13.7. The van der Waals surface area contributed by atoms with Gasteiger partial charge in [-0.05, 0) is 18.1 Å². The summed E-state index contributed by atoms with van der Waals surface area (Å²) in [6.45, 7) is 5.48. The molecule has 0 aliphatic heterocycles. The van der Waals surface area contributed by atoms with E-state index in [4.69, 9.17) is 0 Å². The number of carbonyl (C=O) groups is 2. The van der Waals surface area contributed by atoms with Gasteiger partial charge in [-0.15, -0.1) is 0 Å². The highest BCUT2D eigenvalue weighted by atomic mass is 19.1. The van der Waals surface area contributed by atoms with Crippen molar-refractivity contribution in [1.29, 1.82) is 0 Å². The van der Waals surface area contributed by atoms with Gasteiger partial charge in [0, 0.05) is 32.5 Å². The molecule has 0 aliphatic rings. The van der Waals surface area contributed by atoms with Gasteiger partial charge in [0.25, 0.3) is 0 Å². The molecule has 1 rings (SSSR count). The van der Waals surface area contributed by atoms with Crippen LogP contribution in [0.2, 0.25) is 0 Å². The van der Waals surface area contributed by atoms with E-state index in [0.717, 1.165) is 12.1 Å². The second-order valence-electron chi connectivity index (χ2n) is 5.21. The van der Waals surface area contributed by atoms with Crippen molar-refractivity contribution in [1.82, 2.24) is 5.32 Å². The lowest BCUT2D eigenvalue weighted by molar-refractivity contribution is -0.122. The van der Waals surface area contributed by atoms with E-state index in [2.05, 4.69) is 5.32 Å². The minimum atomic E-state index is -0.807. The summed E-state index contributed by atoms with van der Waals surface area (Å²) in [6, 6.07) is 3.02. The first-order valence-electron chi connectivity index (χ1n) is 6.81. The SMILES string of the molecule is CC(=O)N(CCNC(=O)CC(C)C)c1ccc(F)cc1F. The van der Waals surface area contributed by atoms with Crippen molar-refractivity contribution < 1.29 is 18.4 Å². The van der Waals surface area contributed by atoms with Gasteiger partial charge in [0.05, 0.1) is 5.69 Å². The number of amides is 2. The molecule has 116 valence electrons. The lowest BCUT2D eigenvalue weighted by atomic mass is 10.1. The second kappa shape index (κ2) is 7.71. The molecule has 0 aliphatic carbocycles. The lowest BCUT2D eigenvalue weighted by Gasteiger charge is -2.22. The number of nitrogens with zero attached hydrogens (tertiary/aromatic N) is 1. The molecular formula is C15H20F2N2O2. The number of benzene rings is 1. The van der Waals surface area contributed by atoms with Crippen LogP contribution in [0, 0.1) is 17.6 Å². The molecular weight excluding hydrogens is 278 g/mol. The van der Waals surface area contributed by atoms with E-state index in [0.29, 0.717) is 6.42 Å². The quantitative estimate of drug-likeness (QED) is 0.877. The van der Waals surface area contributed by atoms with Crippen LogP contribution in [0.15, 0.2) is 18.2 Å². The smallest absolute Gasteiger partial charge is 0.224 e. The summed E-state index contributed by atoms with van der Waals surface area (Å²) >= 11 is 0. The molecule has 4 nitrogen and oxygen atoms in total. The molecule has 0 heterocycles. The van der Waals surface area contributed by atoms with Gasteiger partial charge in [-0.2, -0.15) is 0 Å². The Balaban J connectivity index is 2.67. The Bertz CT molecular complexity index is 518. The number of rotatable bonds is 6. The van der Waals surface area contributed by atoms with Gasteiger partial charge < -0.3 is 10.2 Å². The van der Waals surface area contributed by atoms with Gasteiger partial charge in [-0.25, -0.2) is 8.78 Å². The summed E-state index contributed by atoms with van der Waals surface area (Å²) in [5.41, 5.74) is 0.00186. The van der Waals surface area contributed by atoms with Crippen molar-refractivity contribution in [3.8, 4) is 0 Å². The Morgan fingerprint density at radius 2 is 1.95 bits per heavy atom. The van der Waals surface area contributed by atoms with Crippen LogP contribution >= 0.6 is 0 Å². The summed E-state index contributed by atoms with van der Waals surface area (Å²) in [5, 5.41) is 2.67. The minimum absolute atomic E-state index is 0.00186. The van der Waals surface area contributed by atoms with Gasteiger partial charge in [0.15, 0.2) is 0 Å². The molecule has 1 aromatic rings. The largest absolute Gasteiger partial charge is 0.354 e. The summed E-state index contributed by atoms with van der Waals surface area (Å²) in [5.74, 6) is -1.76. The molecule has 0 bridgehead atoms. The zero-order valence-electron chi connectivity index (χ0n) is 12.5. The van der Waals surface area contributed by atoms with Crippen LogP contribution in [-0.4, -0.2) is 24.9 Å². The van der Waals surface area contributed by atoms with E-state index in [-0.39, 0.29) is 36.5 Å². The normalized spacial score (nSPS) is 10.6. The molecule has 6 heteroatoms. The van der Waals surface area contributed by atoms with Gasteiger partial charge in [-0.1, -0.05) is 13.8 Å². The summed E-state index contributed by atoms with van der Waals surface area (Å²) in [7, 11) is 0. The zero-order valence-corrected chi connectivity index (χ0v) is 12.5. The number of carbonyl (C=O) groups excluding carboxylic acids is 2. The molecule has 2 amide bonds. The van der Waals surface area contributed by atoms with E-state index in [1.54, 1.807) is 0 Å². The van der Waals surface area contributed by atoms with E-state index in [9.17, 15) is 18.4 Å². The van der Waals surface area contributed by atoms with E-state index in [1.165, 1.54) is 17.9 Å². The third-order valence-corrected chi connectivity index (χ3v) is 2.83. The first-order chi connectivity index (χ1) is 9.81. The molecule has 0 aromatic heterocycles. The van der Waals surface area contributed by atoms with Crippen LogP contribution in [0.25, 0.3) is 0 Å². The molecule has 0 unspecified atom stereocenters. The molecule has 0 spiro atoms. The van der Waals surface area contributed by atoms with Crippen LogP contribution in [-0.2, 0) is 9.59 Å². The summed E-state index contributed by atoms with van der Waals surface area (Å²) < 4.78 is 26.6. The minimum Gasteiger partial charge on any atom is -0.354 e. The highest BCUT2D eigenvalue weighted by Crippen LogP contribution is 2.20. The molecule has 21 heavy (non-hydrogen) atoms. The van der Waals surface area contributed by atoms with Crippen LogP contribution in [0.4, 0.5) is 14.5 Å². The molecule has 0 fully saturated rings. The van der Waals surface area contributed by atoms with Crippen LogP contribution < -0.4 is 10.2 Å². The highest BCUT2D eigenvalue weighted by molar-refractivity contribution is 5.91. The topological polar surface area (TPSA) is 49.4 Å². The first-order valence-corrected chi connectivity index (χ1v) is 6.81. The third-order valence-electron chi connectivity index (χ3n) is 2.83. The number of nitrogens with one attached hydrogen (secondary N) is 1. The second-order valence-corrected chi connectivity index (χ2v) is 5.21. The Morgan fingerprint density at radius 1 is 1.29 bits per heavy atom. The fourth-order valence-corrected chi connectivity index (χ4v) is 1.90. The molecule has 0 saturated carbocycles. The summed E-state index contributed by atoms with van der Waals surface area (Å²) in [6.07, 6.45) is 0.394. The molecule has 0 radical (unpaired) electrons. The van der Waals surface area contributed by atoms with Crippen molar-refractivity contribution in [3.05, 3.63) is 29.8 Å². The van der Waals surface area contributed by atoms with Crippen molar-refractivity contribution in [2.75, 3.05) is 18.0 Å². The van der Waals surface area contributed by atoms with Gasteiger partial charge in [0.1, 0.15) is 11.6 Å². The molecule has 0 saturated heterocycles. The molecule has 0 atom stereocenters. The van der Waals surface area contributed by atoms with Gasteiger partial charge in [0.2, 0.25) is 11.8 Å². The molecule has 1 aromatic carbocycles.